The third kappa shape index (κ3) is 3.06. The molecule has 1 rings (SSSR count). The van der Waals surface area contributed by atoms with Crippen LogP contribution in [0.3, 0.4) is 0 Å². The number of nitrogens with one attached hydrogen (secondary N) is 1. The topological polar surface area (TPSA) is 54.2 Å². The summed E-state index contributed by atoms with van der Waals surface area (Å²) >= 11 is 1.40. The zero-order chi connectivity index (χ0) is 8.97. The summed E-state index contributed by atoms with van der Waals surface area (Å²) < 4.78 is 3.96. The van der Waals surface area contributed by atoms with E-state index in [2.05, 4.69) is 14.6 Å². The molecule has 0 aliphatic rings. The number of likely N-dealkylation sites (N-methyl/N-ethyl adjacent to an activating group) is 1. The van der Waals surface area contributed by atoms with Gasteiger partial charge in [-0.2, -0.15) is 4.37 Å². The standard InChI is InChI=1S/C7H14N4S/c1-11(2)4-3-9-7-5-6(8)10-12-7/h5,9H,3-4H2,1-2H3,(H2,8,10). The summed E-state index contributed by atoms with van der Waals surface area (Å²) in [7, 11) is 4.09. The van der Waals surface area contributed by atoms with Crippen molar-refractivity contribution >= 4 is 22.4 Å². The molecule has 5 heteroatoms. The van der Waals surface area contributed by atoms with Crippen LogP contribution in [0.25, 0.3) is 0 Å². The van der Waals surface area contributed by atoms with Crippen LogP contribution in [0.2, 0.25) is 0 Å². The van der Waals surface area contributed by atoms with Crippen molar-refractivity contribution in [2.24, 2.45) is 0 Å². The van der Waals surface area contributed by atoms with Crippen molar-refractivity contribution < 1.29 is 0 Å². The Morgan fingerprint density at radius 2 is 2.42 bits per heavy atom. The van der Waals surface area contributed by atoms with Crippen LogP contribution >= 0.6 is 11.5 Å². The lowest BCUT2D eigenvalue weighted by Crippen LogP contribution is -2.20. The summed E-state index contributed by atoms with van der Waals surface area (Å²) in [6.07, 6.45) is 0. The highest BCUT2D eigenvalue weighted by atomic mass is 32.1. The molecule has 1 heterocycles. The molecule has 0 aliphatic carbocycles. The predicted octanol–water partition coefficient (Wildman–Crippen LogP) is 0.699. The van der Waals surface area contributed by atoms with Gasteiger partial charge in [0.2, 0.25) is 0 Å². The molecule has 0 radical (unpaired) electrons. The molecule has 4 nitrogen and oxygen atoms in total. The van der Waals surface area contributed by atoms with E-state index in [0.717, 1.165) is 18.1 Å². The first kappa shape index (κ1) is 9.28. The molecule has 1 aromatic heterocycles. The first-order valence-electron chi connectivity index (χ1n) is 3.79. The number of nitrogens with zero attached hydrogens (tertiary/aromatic N) is 2. The maximum absolute atomic E-state index is 5.46. The number of aromatic nitrogens is 1. The molecule has 0 saturated carbocycles. The van der Waals surface area contributed by atoms with E-state index in [1.807, 2.05) is 20.2 Å². The normalized spacial score (nSPS) is 10.6. The molecule has 1 aromatic rings. The van der Waals surface area contributed by atoms with Gasteiger partial charge in [-0.15, -0.1) is 0 Å². The Labute approximate surface area is 76.5 Å². The van der Waals surface area contributed by atoms with Crippen LogP contribution in [-0.4, -0.2) is 36.5 Å². The van der Waals surface area contributed by atoms with E-state index in [-0.39, 0.29) is 0 Å². The minimum Gasteiger partial charge on any atom is -0.383 e. The summed E-state index contributed by atoms with van der Waals surface area (Å²) in [5.74, 6) is 0.590. The molecule has 0 bridgehead atoms. The summed E-state index contributed by atoms with van der Waals surface area (Å²) in [5.41, 5.74) is 5.46. The lowest BCUT2D eigenvalue weighted by molar-refractivity contribution is 0.425. The zero-order valence-electron chi connectivity index (χ0n) is 7.37. The molecule has 0 spiro atoms. The number of hydrogen-bond acceptors (Lipinski definition) is 5. The minimum atomic E-state index is 0.590. The third-order valence-electron chi connectivity index (χ3n) is 1.39. The van der Waals surface area contributed by atoms with Crippen molar-refractivity contribution in [1.82, 2.24) is 9.27 Å². The Morgan fingerprint density at radius 3 is 2.92 bits per heavy atom. The second-order valence-electron chi connectivity index (χ2n) is 2.85. The molecule has 68 valence electrons. The largest absolute Gasteiger partial charge is 0.383 e. The van der Waals surface area contributed by atoms with Gasteiger partial charge in [-0.1, -0.05) is 0 Å². The monoisotopic (exact) mass is 186 g/mol. The fourth-order valence-corrected chi connectivity index (χ4v) is 1.37. The molecule has 0 aliphatic heterocycles. The van der Waals surface area contributed by atoms with Crippen LogP contribution < -0.4 is 11.1 Å². The molecule has 0 saturated heterocycles. The van der Waals surface area contributed by atoms with Gasteiger partial charge in [0, 0.05) is 19.2 Å². The van der Waals surface area contributed by atoms with Gasteiger partial charge < -0.3 is 16.0 Å². The zero-order valence-corrected chi connectivity index (χ0v) is 8.19. The molecular formula is C7H14N4S. The van der Waals surface area contributed by atoms with Crippen LogP contribution in [0.5, 0.6) is 0 Å². The van der Waals surface area contributed by atoms with Gasteiger partial charge in [0.05, 0.1) is 0 Å². The van der Waals surface area contributed by atoms with Crippen LogP contribution in [0, 0.1) is 0 Å². The molecule has 3 N–H and O–H groups in total. The van der Waals surface area contributed by atoms with Gasteiger partial charge in [-0.05, 0) is 25.6 Å². The van der Waals surface area contributed by atoms with E-state index in [4.69, 9.17) is 5.73 Å². The Bertz CT molecular complexity index is 233. The van der Waals surface area contributed by atoms with Crippen molar-refractivity contribution in [2.45, 2.75) is 0 Å². The second-order valence-corrected chi connectivity index (χ2v) is 3.65. The number of nitrogen functional groups attached to an aromatic ring is 1. The summed E-state index contributed by atoms with van der Waals surface area (Å²) in [4.78, 5) is 2.12. The molecule has 0 atom stereocenters. The van der Waals surface area contributed by atoms with Gasteiger partial charge in [-0.3, -0.25) is 0 Å². The maximum atomic E-state index is 5.46. The van der Waals surface area contributed by atoms with E-state index in [0.29, 0.717) is 5.82 Å². The van der Waals surface area contributed by atoms with E-state index in [9.17, 15) is 0 Å². The Kier molecular flexibility index (Phi) is 3.31. The van der Waals surface area contributed by atoms with Gasteiger partial charge in [0.15, 0.2) is 0 Å². The van der Waals surface area contributed by atoms with E-state index < -0.39 is 0 Å². The second kappa shape index (κ2) is 4.27. The fraction of sp³-hybridized carbons (Fsp3) is 0.571. The Balaban J connectivity index is 2.24. The number of rotatable bonds is 4. The molecule has 0 aromatic carbocycles. The van der Waals surface area contributed by atoms with Crippen molar-refractivity contribution in [3.8, 4) is 0 Å². The summed E-state index contributed by atoms with van der Waals surface area (Å²) in [6.45, 7) is 1.94. The minimum absolute atomic E-state index is 0.590. The van der Waals surface area contributed by atoms with Gasteiger partial charge in [0.1, 0.15) is 10.8 Å². The van der Waals surface area contributed by atoms with Gasteiger partial charge in [0.25, 0.3) is 0 Å². The Hall–Kier alpha value is -0.810. The number of nitrogens with two attached hydrogens (primary N) is 1. The van der Waals surface area contributed by atoms with Crippen LogP contribution in [0.4, 0.5) is 10.8 Å². The highest BCUT2D eigenvalue weighted by Crippen LogP contribution is 2.16. The third-order valence-corrected chi connectivity index (χ3v) is 2.15. The van der Waals surface area contributed by atoms with Crippen LogP contribution in [0.15, 0.2) is 6.07 Å². The first-order chi connectivity index (χ1) is 5.68. The molecule has 12 heavy (non-hydrogen) atoms. The number of anilines is 2. The molecular weight excluding hydrogens is 172 g/mol. The smallest absolute Gasteiger partial charge is 0.139 e. The quantitative estimate of drug-likeness (QED) is 0.726. The van der Waals surface area contributed by atoms with E-state index >= 15 is 0 Å². The lowest BCUT2D eigenvalue weighted by Gasteiger charge is -2.09. The lowest BCUT2D eigenvalue weighted by atomic mass is 10.5. The summed E-state index contributed by atoms with van der Waals surface area (Å²) in [5, 5.41) is 4.27. The molecule has 0 amide bonds. The number of hydrogen-bond donors (Lipinski definition) is 2. The predicted molar refractivity (Wildman–Crippen MR) is 53.6 cm³/mol. The van der Waals surface area contributed by atoms with Crippen molar-refractivity contribution in [2.75, 3.05) is 38.2 Å². The molecule has 0 unspecified atom stereocenters. The van der Waals surface area contributed by atoms with Crippen molar-refractivity contribution in [3.05, 3.63) is 6.07 Å². The van der Waals surface area contributed by atoms with Gasteiger partial charge in [-0.25, -0.2) is 0 Å². The van der Waals surface area contributed by atoms with Crippen LogP contribution in [-0.2, 0) is 0 Å². The van der Waals surface area contributed by atoms with E-state index in [1.165, 1.54) is 11.5 Å². The SMILES string of the molecule is CN(C)CCNc1cc(N)ns1. The highest BCUT2D eigenvalue weighted by molar-refractivity contribution is 7.10. The van der Waals surface area contributed by atoms with E-state index in [1.54, 1.807) is 0 Å². The maximum Gasteiger partial charge on any atom is 0.139 e. The average molecular weight is 186 g/mol. The Morgan fingerprint density at radius 1 is 1.67 bits per heavy atom. The van der Waals surface area contributed by atoms with Gasteiger partial charge >= 0.3 is 0 Å². The van der Waals surface area contributed by atoms with Crippen molar-refractivity contribution in [1.29, 1.82) is 0 Å². The first-order valence-corrected chi connectivity index (χ1v) is 4.56. The average Bonchev–Trinajstić information content (AvgIpc) is 2.35. The van der Waals surface area contributed by atoms with Crippen LogP contribution in [0.1, 0.15) is 0 Å². The molecule has 0 fully saturated rings. The van der Waals surface area contributed by atoms with Crippen molar-refractivity contribution in [3.63, 3.8) is 0 Å². The summed E-state index contributed by atoms with van der Waals surface area (Å²) in [6, 6.07) is 1.85. The fourth-order valence-electron chi connectivity index (χ4n) is 0.775. The highest BCUT2D eigenvalue weighted by Gasteiger charge is 1.96.